The van der Waals surface area contributed by atoms with E-state index >= 15 is 0 Å². The van der Waals surface area contributed by atoms with Gasteiger partial charge >= 0.3 is 0 Å². The van der Waals surface area contributed by atoms with Crippen LogP contribution in [-0.4, -0.2) is 4.98 Å². The molecule has 0 atom stereocenters. The van der Waals surface area contributed by atoms with E-state index in [9.17, 15) is 4.39 Å². The van der Waals surface area contributed by atoms with Gasteiger partial charge in [-0.15, -0.1) is 0 Å². The smallest absolute Gasteiger partial charge is 0.144 e. The number of rotatable bonds is 0. The predicted molar refractivity (Wildman–Crippen MR) is 66.1 cm³/mol. The quantitative estimate of drug-likeness (QED) is 0.640. The van der Waals surface area contributed by atoms with Crippen LogP contribution in [0.4, 0.5) is 4.39 Å². The number of nitrogens with zero attached hydrogens (tertiary/aromatic N) is 1. The van der Waals surface area contributed by atoms with Gasteiger partial charge in [-0.05, 0) is 35.8 Å². The molecule has 0 N–H and O–H groups in total. The van der Waals surface area contributed by atoms with Crippen LogP contribution in [0.15, 0.2) is 12.4 Å². The second-order valence-corrected chi connectivity index (χ2v) is 5.09. The Hall–Kier alpha value is -0.920. The van der Waals surface area contributed by atoms with E-state index in [2.05, 4.69) is 32.7 Å². The van der Waals surface area contributed by atoms with Gasteiger partial charge in [-0.25, -0.2) is 4.39 Å². The standard InChI is InChI=1S/C11H14FN.C3H8/c1-11(2)5-3-4-8-9(11)6-13-7-10(8)12;1-3-2/h6-7H,3-5H2,1-2H3;3H2,1-2H3. The van der Waals surface area contributed by atoms with E-state index < -0.39 is 0 Å². The van der Waals surface area contributed by atoms with Gasteiger partial charge in [0.25, 0.3) is 0 Å². The van der Waals surface area contributed by atoms with E-state index in [1.54, 1.807) is 0 Å². The van der Waals surface area contributed by atoms with Crippen molar-refractivity contribution in [3.63, 3.8) is 0 Å². The molecule has 2 heteroatoms. The van der Waals surface area contributed by atoms with Crippen molar-refractivity contribution in [2.45, 2.75) is 58.8 Å². The summed E-state index contributed by atoms with van der Waals surface area (Å²) in [5, 5.41) is 0. The molecule has 0 radical (unpaired) electrons. The van der Waals surface area contributed by atoms with E-state index in [4.69, 9.17) is 0 Å². The Kier molecular flexibility index (Phi) is 4.45. The fourth-order valence-corrected chi connectivity index (χ4v) is 2.14. The molecule has 0 spiro atoms. The van der Waals surface area contributed by atoms with Crippen LogP contribution in [0.3, 0.4) is 0 Å². The van der Waals surface area contributed by atoms with Crippen LogP contribution in [0.2, 0.25) is 0 Å². The monoisotopic (exact) mass is 223 g/mol. The third kappa shape index (κ3) is 2.81. The maximum Gasteiger partial charge on any atom is 0.144 e. The molecule has 1 heterocycles. The lowest BCUT2D eigenvalue weighted by atomic mass is 9.73. The molecular weight excluding hydrogens is 201 g/mol. The first-order valence-corrected chi connectivity index (χ1v) is 6.15. The Morgan fingerprint density at radius 3 is 2.50 bits per heavy atom. The first-order valence-electron chi connectivity index (χ1n) is 6.15. The highest BCUT2D eigenvalue weighted by molar-refractivity contribution is 5.33. The van der Waals surface area contributed by atoms with E-state index in [0.717, 1.165) is 30.4 Å². The van der Waals surface area contributed by atoms with Crippen LogP contribution in [0, 0.1) is 5.82 Å². The molecular formula is C14H22FN. The number of fused-ring (bicyclic) bond motifs is 1. The van der Waals surface area contributed by atoms with Crippen LogP contribution in [0.1, 0.15) is 58.1 Å². The van der Waals surface area contributed by atoms with Crippen molar-refractivity contribution in [3.05, 3.63) is 29.3 Å². The zero-order valence-electron chi connectivity index (χ0n) is 10.8. The first-order chi connectivity index (χ1) is 7.53. The maximum atomic E-state index is 13.4. The Balaban J connectivity index is 0.000000386. The zero-order valence-corrected chi connectivity index (χ0v) is 10.8. The van der Waals surface area contributed by atoms with Crippen LogP contribution >= 0.6 is 0 Å². The number of hydrogen-bond donors (Lipinski definition) is 0. The molecule has 0 aromatic carbocycles. The minimum atomic E-state index is -0.134. The fourth-order valence-electron chi connectivity index (χ4n) is 2.14. The molecule has 0 amide bonds. The lowest BCUT2D eigenvalue weighted by Crippen LogP contribution is -2.24. The average Bonchev–Trinajstić information content (AvgIpc) is 2.20. The summed E-state index contributed by atoms with van der Waals surface area (Å²) in [7, 11) is 0. The molecule has 0 unspecified atom stereocenters. The second-order valence-electron chi connectivity index (χ2n) is 5.09. The highest BCUT2D eigenvalue weighted by atomic mass is 19.1. The largest absolute Gasteiger partial charge is 0.261 e. The van der Waals surface area contributed by atoms with Gasteiger partial charge in [-0.3, -0.25) is 4.98 Å². The van der Waals surface area contributed by atoms with E-state index in [1.807, 2.05) is 6.20 Å². The number of halogens is 1. The summed E-state index contributed by atoms with van der Waals surface area (Å²) in [6, 6.07) is 0. The van der Waals surface area contributed by atoms with Gasteiger partial charge in [0, 0.05) is 6.20 Å². The summed E-state index contributed by atoms with van der Waals surface area (Å²) in [5.41, 5.74) is 2.08. The Morgan fingerprint density at radius 1 is 1.31 bits per heavy atom. The van der Waals surface area contributed by atoms with Gasteiger partial charge in [-0.1, -0.05) is 34.1 Å². The predicted octanol–water partition coefficient (Wildman–Crippen LogP) is 4.25. The van der Waals surface area contributed by atoms with Gasteiger partial charge in [0.2, 0.25) is 0 Å². The van der Waals surface area contributed by atoms with Gasteiger partial charge in [0.05, 0.1) is 6.20 Å². The second kappa shape index (κ2) is 5.42. The average molecular weight is 223 g/mol. The summed E-state index contributed by atoms with van der Waals surface area (Å²) in [6.45, 7) is 8.57. The Labute approximate surface area is 98.1 Å². The van der Waals surface area contributed by atoms with Crippen molar-refractivity contribution in [2.24, 2.45) is 0 Å². The molecule has 1 aliphatic carbocycles. The van der Waals surface area contributed by atoms with Crippen molar-refractivity contribution in [1.29, 1.82) is 0 Å². The summed E-state index contributed by atoms with van der Waals surface area (Å²) >= 11 is 0. The van der Waals surface area contributed by atoms with Crippen molar-refractivity contribution in [3.8, 4) is 0 Å². The molecule has 0 bridgehead atoms. The van der Waals surface area contributed by atoms with Crippen molar-refractivity contribution < 1.29 is 4.39 Å². The van der Waals surface area contributed by atoms with Crippen molar-refractivity contribution >= 4 is 0 Å². The summed E-state index contributed by atoms with van der Waals surface area (Å²) in [4.78, 5) is 3.92. The highest BCUT2D eigenvalue weighted by Crippen LogP contribution is 2.36. The molecule has 1 aromatic heterocycles. The summed E-state index contributed by atoms with van der Waals surface area (Å²) in [5.74, 6) is -0.134. The van der Waals surface area contributed by atoms with Gasteiger partial charge in [0.15, 0.2) is 0 Å². The molecule has 1 aromatic rings. The fraction of sp³-hybridized carbons (Fsp3) is 0.643. The third-order valence-corrected chi connectivity index (χ3v) is 2.96. The Bertz CT molecular complexity index is 345. The van der Waals surface area contributed by atoms with Crippen molar-refractivity contribution in [1.82, 2.24) is 4.98 Å². The molecule has 90 valence electrons. The van der Waals surface area contributed by atoms with Crippen LogP contribution < -0.4 is 0 Å². The maximum absolute atomic E-state index is 13.4. The number of aromatic nitrogens is 1. The minimum Gasteiger partial charge on any atom is -0.261 e. The molecule has 1 aliphatic rings. The Morgan fingerprint density at radius 2 is 1.94 bits per heavy atom. The number of hydrogen-bond acceptors (Lipinski definition) is 1. The van der Waals surface area contributed by atoms with Gasteiger partial charge < -0.3 is 0 Å². The first kappa shape index (κ1) is 13.1. The molecule has 2 rings (SSSR count). The van der Waals surface area contributed by atoms with Crippen LogP contribution in [-0.2, 0) is 11.8 Å². The molecule has 0 saturated carbocycles. The summed E-state index contributed by atoms with van der Waals surface area (Å²) < 4.78 is 13.4. The van der Waals surface area contributed by atoms with E-state index in [0.29, 0.717) is 0 Å². The van der Waals surface area contributed by atoms with Crippen LogP contribution in [0.5, 0.6) is 0 Å². The molecule has 1 nitrogen and oxygen atoms in total. The molecule has 0 aliphatic heterocycles. The van der Waals surface area contributed by atoms with Gasteiger partial charge in [0.1, 0.15) is 5.82 Å². The summed E-state index contributed by atoms with van der Waals surface area (Å²) in [6.07, 6.45) is 7.47. The SMILES string of the molecule is CC1(C)CCCc2c(F)cncc21.CCC. The molecule has 0 saturated heterocycles. The van der Waals surface area contributed by atoms with Crippen LogP contribution in [0.25, 0.3) is 0 Å². The third-order valence-electron chi connectivity index (χ3n) is 2.96. The highest BCUT2D eigenvalue weighted by Gasteiger charge is 2.29. The van der Waals surface area contributed by atoms with Gasteiger partial charge in [-0.2, -0.15) is 0 Å². The lowest BCUT2D eigenvalue weighted by molar-refractivity contribution is 0.418. The topological polar surface area (TPSA) is 12.9 Å². The zero-order chi connectivity index (χ0) is 12.2. The molecule has 16 heavy (non-hydrogen) atoms. The normalized spacial score (nSPS) is 17.1. The molecule has 0 fully saturated rings. The van der Waals surface area contributed by atoms with E-state index in [-0.39, 0.29) is 11.2 Å². The van der Waals surface area contributed by atoms with E-state index in [1.165, 1.54) is 12.6 Å². The lowest BCUT2D eigenvalue weighted by Gasteiger charge is -2.31. The minimum absolute atomic E-state index is 0.0999. The van der Waals surface area contributed by atoms with Crippen molar-refractivity contribution in [2.75, 3.05) is 0 Å². The number of pyridine rings is 1.